The third-order valence-electron chi connectivity index (χ3n) is 4.88. The molecule has 1 aliphatic carbocycles. The standard InChI is InChI=1S/C21H21N/c1-12-7-14(3)17-6-5-16-11-18-15(4)8-13(2)10-20(18)22-21(16)19(17)9-12/h7-11H,5-6H2,1-4H3. The molecule has 1 heteroatoms. The van der Waals surface area contributed by atoms with Gasteiger partial charge in [-0.15, -0.1) is 0 Å². The first kappa shape index (κ1) is 13.5. The normalized spacial score (nSPS) is 13.1. The van der Waals surface area contributed by atoms with Crippen LogP contribution in [0.1, 0.15) is 33.4 Å². The third-order valence-corrected chi connectivity index (χ3v) is 4.88. The maximum atomic E-state index is 5.06. The largest absolute Gasteiger partial charge is 0.247 e. The average molecular weight is 287 g/mol. The Morgan fingerprint density at radius 2 is 1.50 bits per heavy atom. The van der Waals surface area contributed by atoms with Gasteiger partial charge in [0.25, 0.3) is 0 Å². The van der Waals surface area contributed by atoms with Crippen molar-refractivity contribution in [2.45, 2.75) is 40.5 Å². The highest BCUT2D eigenvalue weighted by molar-refractivity contribution is 5.88. The topological polar surface area (TPSA) is 12.9 Å². The van der Waals surface area contributed by atoms with Gasteiger partial charge in [0.05, 0.1) is 11.2 Å². The zero-order chi connectivity index (χ0) is 15.4. The van der Waals surface area contributed by atoms with Crippen molar-refractivity contribution in [2.75, 3.05) is 0 Å². The molecule has 0 N–H and O–H groups in total. The monoisotopic (exact) mass is 287 g/mol. The minimum atomic E-state index is 1.10. The smallest absolute Gasteiger partial charge is 0.0744 e. The quantitative estimate of drug-likeness (QED) is 0.551. The predicted molar refractivity (Wildman–Crippen MR) is 93.5 cm³/mol. The van der Waals surface area contributed by atoms with Crippen LogP contribution in [-0.4, -0.2) is 4.98 Å². The van der Waals surface area contributed by atoms with Crippen molar-refractivity contribution in [3.63, 3.8) is 0 Å². The number of pyridine rings is 1. The molecule has 1 heterocycles. The molecule has 0 spiro atoms. The van der Waals surface area contributed by atoms with Crippen molar-refractivity contribution in [1.82, 2.24) is 4.98 Å². The van der Waals surface area contributed by atoms with E-state index in [9.17, 15) is 0 Å². The van der Waals surface area contributed by atoms with Crippen molar-refractivity contribution >= 4 is 10.9 Å². The minimum Gasteiger partial charge on any atom is -0.247 e. The molecule has 4 rings (SSSR count). The first-order chi connectivity index (χ1) is 10.5. The fourth-order valence-corrected chi connectivity index (χ4v) is 3.90. The highest BCUT2D eigenvalue weighted by atomic mass is 14.7. The van der Waals surface area contributed by atoms with Gasteiger partial charge in [0.15, 0.2) is 0 Å². The lowest BCUT2D eigenvalue weighted by Gasteiger charge is -2.22. The molecule has 0 unspecified atom stereocenters. The number of benzene rings is 2. The van der Waals surface area contributed by atoms with Gasteiger partial charge in [0.2, 0.25) is 0 Å². The molecule has 1 nitrogen and oxygen atoms in total. The van der Waals surface area contributed by atoms with Crippen molar-refractivity contribution in [3.05, 3.63) is 63.7 Å². The molecular weight excluding hydrogens is 266 g/mol. The fourth-order valence-electron chi connectivity index (χ4n) is 3.90. The first-order valence-electron chi connectivity index (χ1n) is 8.04. The van der Waals surface area contributed by atoms with Gasteiger partial charge < -0.3 is 0 Å². The number of rotatable bonds is 0. The van der Waals surface area contributed by atoms with Crippen LogP contribution in [0.25, 0.3) is 22.2 Å². The van der Waals surface area contributed by atoms with Gasteiger partial charge in [0, 0.05) is 10.9 Å². The van der Waals surface area contributed by atoms with Crippen LogP contribution in [0.5, 0.6) is 0 Å². The van der Waals surface area contributed by atoms with Gasteiger partial charge in [-0.1, -0.05) is 17.7 Å². The molecule has 0 radical (unpaired) electrons. The predicted octanol–water partition coefficient (Wildman–Crippen LogP) is 5.23. The van der Waals surface area contributed by atoms with Gasteiger partial charge in [-0.25, -0.2) is 4.98 Å². The van der Waals surface area contributed by atoms with Gasteiger partial charge in [-0.05, 0) is 86.6 Å². The van der Waals surface area contributed by atoms with E-state index in [2.05, 4.69) is 58.0 Å². The van der Waals surface area contributed by atoms with Gasteiger partial charge >= 0.3 is 0 Å². The van der Waals surface area contributed by atoms with Crippen molar-refractivity contribution in [3.8, 4) is 11.3 Å². The molecule has 3 aromatic rings. The maximum Gasteiger partial charge on any atom is 0.0744 e. The van der Waals surface area contributed by atoms with Crippen LogP contribution in [-0.2, 0) is 12.8 Å². The Morgan fingerprint density at radius 1 is 0.773 bits per heavy atom. The van der Waals surface area contributed by atoms with Gasteiger partial charge in [0.1, 0.15) is 0 Å². The molecule has 110 valence electrons. The Labute approximate surface area is 132 Å². The fraction of sp³-hybridized carbons (Fsp3) is 0.286. The SMILES string of the molecule is Cc1cc(C)c2c(c1)-c1nc3cc(C)cc(C)c3cc1CC2. The molecule has 1 aliphatic rings. The molecule has 0 bridgehead atoms. The van der Waals surface area contributed by atoms with E-state index in [0.717, 1.165) is 18.4 Å². The average Bonchev–Trinajstić information content (AvgIpc) is 2.45. The summed E-state index contributed by atoms with van der Waals surface area (Å²) in [5.41, 5.74) is 11.9. The zero-order valence-electron chi connectivity index (χ0n) is 13.7. The van der Waals surface area contributed by atoms with E-state index in [1.165, 1.54) is 50.0 Å². The van der Waals surface area contributed by atoms with E-state index >= 15 is 0 Å². The molecule has 0 atom stereocenters. The highest BCUT2D eigenvalue weighted by Gasteiger charge is 2.20. The molecular formula is C21H21N. The zero-order valence-corrected chi connectivity index (χ0v) is 13.7. The van der Waals surface area contributed by atoms with Crippen molar-refractivity contribution in [2.24, 2.45) is 0 Å². The number of hydrogen-bond acceptors (Lipinski definition) is 1. The molecule has 0 aliphatic heterocycles. The van der Waals surface area contributed by atoms with E-state index in [0.29, 0.717) is 0 Å². The summed E-state index contributed by atoms with van der Waals surface area (Å²) >= 11 is 0. The molecule has 22 heavy (non-hydrogen) atoms. The second kappa shape index (κ2) is 4.67. The Morgan fingerprint density at radius 3 is 2.32 bits per heavy atom. The van der Waals surface area contributed by atoms with Gasteiger partial charge in [-0.3, -0.25) is 0 Å². The van der Waals surface area contributed by atoms with Crippen LogP contribution in [0, 0.1) is 27.7 Å². The molecule has 0 amide bonds. The van der Waals surface area contributed by atoms with Crippen LogP contribution in [0.3, 0.4) is 0 Å². The number of aryl methyl sites for hydroxylation is 5. The first-order valence-corrected chi connectivity index (χ1v) is 8.04. The van der Waals surface area contributed by atoms with E-state index in [4.69, 9.17) is 4.98 Å². The lowest BCUT2D eigenvalue weighted by atomic mass is 9.84. The van der Waals surface area contributed by atoms with E-state index < -0.39 is 0 Å². The molecule has 2 aromatic carbocycles. The summed E-state index contributed by atoms with van der Waals surface area (Å²) in [5.74, 6) is 0. The summed E-state index contributed by atoms with van der Waals surface area (Å²) in [6, 6.07) is 11.4. The Hall–Kier alpha value is -2.15. The summed E-state index contributed by atoms with van der Waals surface area (Å²) in [7, 11) is 0. The van der Waals surface area contributed by atoms with Crippen molar-refractivity contribution < 1.29 is 0 Å². The second-order valence-electron chi connectivity index (χ2n) is 6.75. The van der Waals surface area contributed by atoms with Crippen LogP contribution >= 0.6 is 0 Å². The minimum absolute atomic E-state index is 1.10. The molecule has 0 fully saturated rings. The molecule has 1 aromatic heterocycles. The van der Waals surface area contributed by atoms with Crippen LogP contribution < -0.4 is 0 Å². The summed E-state index contributed by atoms with van der Waals surface area (Å²) < 4.78 is 0. The number of fused-ring (bicyclic) bond motifs is 4. The second-order valence-corrected chi connectivity index (χ2v) is 6.75. The van der Waals surface area contributed by atoms with E-state index in [-0.39, 0.29) is 0 Å². The lowest BCUT2D eigenvalue weighted by molar-refractivity contribution is 0.920. The molecule has 0 saturated carbocycles. The number of hydrogen-bond donors (Lipinski definition) is 0. The summed E-state index contributed by atoms with van der Waals surface area (Å²) in [5, 5.41) is 1.30. The van der Waals surface area contributed by atoms with E-state index in [1.54, 1.807) is 0 Å². The Balaban J connectivity index is 2.06. The number of nitrogens with zero attached hydrogens (tertiary/aromatic N) is 1. The summed E-state index contributed by atoms with van der Waals surface area (Å²) in [6.45, 7) is 8.74. The van der Waals surface area contributed by atoms with E-state index in [1.807, 2.05) is 0 Å². The van der Waals surface area contributed by atoms with Crippen LogP contribution in [0.15, 0.2) is 30.3 Å². The Kier molecular flexibility index (Phi) is 2.87. The summed E-state index contributed by atoms with van der Waals surface area (Å²) in [6.07, 6.45) is 2.23. The number of aromatic nitrogens is 1. The molecule has 0 saturated heterocycles. The third kappa shape index (κ3) is 1.96. The maximum absolute atomic E-state index is 5.06. The van der Waals surface area contributed by atoms with Gasteiger partial charge in [-0.2, -0.15) is 0 Å². The van der Waals surface area contributed by atoms with Crippen molar-refractivity contribution in [1.29, 1.82) is 0 Å². The Bertz CT molecular complexity index is 919. The lowest BCUT2D eigenvalue weighted by Crippen LogP contribution is -2.08. The van der Waals surface area contributed by atoms with Crippen LogP contribution in [0.2, 0.25) is 0 Å². The highest BCUT2D eigenvalue weighted by Crippen LogP contribution is 2.36. The van der Waals surface area contributed by atoms with Crippen LogP contribution in [0.4, 0.5) is 0 Å². The summed E-state index contributed by atoms with van der Waals surface area (Å²) in [4.78, 5) is 5.06.